The lowest BCUT2D eigenvalue weighted by atomic mass is 10.1. The minimum atomic E-state index is -0.798. The Hall–Kier alpha value is -3.61. The molecule has 0 aliphatic carbocycles. The summed E-state index contributed by atoms with van der Waals surface area (Å²) in [6.45, 7) is 1.57. The Morgan fingerprint density at radius 1 is 0.912 bits per heavy atom. The summed E-state index contributed by atoms with van der Waals surface area (Å²) in [5.41, 5.74) is 3.94. The van der Waals surface area contributed by atoms with Gasteiger partial charge in [-0.3, -0.25) is 9.59 Å². The molecule has 0 bridgehead atoms. The second-order valence-electron chi connectivity index (χ2n) is 7.68. The SMILES string of the molecule is CC(=O)N[C@H](C(=O)NCc1cc(-c2ccc(Cl)cc2)n(-c2ccc(Cl)cc2)n1)c1ccccc1. The number of hydrogen-bond donors (Lipinski definition) is 2. The van der Waals surface area contributed by atoms with Gasteiger partial charge in [-0.2, -0.15) is 5.10 Å². The normalized spacial score (nSPS) is 11.6. The van der Waals surface area contributed by atoms with Gasteiger partial charge in [0.2, 0.25) is 11.8 Å². The van der Waals surface area contributed by atoms with Crippen molar-refractivity contribution in [1.29, 1.82) is 0 Å². The fourth-order valence-corrected chi connectivity index (χ4v) is 3.80. The summed E-state index contributed by atoms with van der Waals surface area (Å²) in [5, 5.41) is 11.6. The van der Waals surface area contributed by atoms with E-state index in [1.165, 1.54) is 6.92 Å². The molecular weight excluding hydrogens is 471 g/mol. The van der Waals surface area contributed by atoms with Gasteiger partial charge in [0.05, 0.1) is 23.6 Å². The van der Waals surface area contributed by atoms with Crippen molar-refractivity contribution in [2.45, 2.75) is 19.5 Å². The predicted molar refractivity (Wildman–Crippen MR) is 134 cm³/mol. The molecule has 4 rings (SSSR count). The molecule has 1 heterocycles. The molecule has 8 heteroatoms. The molecular formula is C26H22Cl2N4O2. The maximum atomic E-state index is 13.0. The summed E-state index contributed by atoms with van der Waals surface area (Å²) < 4.78 is 1.80. The molecule has 2 N–H and O–H groups in total. The molecule has 0 aliphatic heterocycles. The maximum absolute atomic E-state index is 13.0. The first-order valence-electron chi connectivity index (χ1n) is 10.6. The van der Waals surface area contributed by atoms with Gasteiger partial charge in [0, 0.05) is 22.5 Å². The van der Waals surface area contributed by atoms with Crippen LogP contribution in [0, 0.1) is 0 Å². The van der Waals surface area contributed by atoms with Crippen LogP contribution in [0.1, 0.15) is 24.2 Å². The number of rotatable bonds is 7. The molecule has 2 amide bonds. The first-order chi connectivity index (χ1) is 16.4. The topological polar surface area (TPSA) is 76.0 Å². The fourth-order valence-electron chi connectivity index (χ4n) is 3.55. The third kappa shape index (κ3) is 5.65. The van der Waals surface area contributed by atoms with E-state index in [0.29, 0.717) is 21.3 Å². The highest BCUT2D eigenvalue weighted by molar-refractivity contribution is 6.30. The van der Waals surface area contributed by atoms with Gasteiger partial charge in [-0.15, -0.1) is 0 Å². The van der Waals surface area contributed by atoms with Crippen molar-refractivity contribution in [3.05, 3.63) is 106 Å². The van der Waals surface area contributed by atoms with E-state index in [9.17, 15) is 9.59 Å². The number of halogens is 2. The quantitative estimate of drug-likeness (QED) is 0.365. The minimum absolute atomic E-state index is 0.183. The smallest absolute Gasteiger partial charge is 0.247 e. The number of carbonyl (C=O) groups is 2. The molecule has 3 aromatic carbocycles. The lowest BCUT2D eigenvalue weighted by Gasteiger charge is -2.17. The van der Waals surface area contributed by atoms with Crippen LogP contribution in [0.2, 0.25) is 10.0 Å². The molecule has 4 aromatic rings. The zero-order chi connectivity index (χ0) is 24.1. The van der Waals surface area contributed by atoms with Crippen LogP contribution in [0.4, 0.5) is 0 Å². The molecule has 34 heavy (non-hydrogen) atoms. The molecule has 0 saturated heterocycles. The molecule has 0 radical (unpaired) electrons. The lowest BCUT2D eigenvalue weighted by Crippen LogP contribution is -2.39. The number of aromatic nitrogens is 2. The molecule has 0 unspecified atom stereocenters. The summed E-state index contributed by atoms with van der Waals surface area (Å²) in [6, 6.07) is 25.0. The van der Waals surface area contributed by atoms with Crippen LogP contribution in [-0.2, 0) is 16.1 Å². The second-order valence-corrected chi connectivity index (χ2v) is 8.55. The van der Waals surface area contributed by atoms with E-state index >= 15 is 0 Å². The van der Waals surface area contributed by atoms with Crippen molar-refractivity contribution in [2.75, 3.05) is 0 Å². The number of nitrogens with one attached hydrogen (secondary N) is 2. The molecule has 0 saturated carbocycles. The van der Waals surface area contributed by atoms with Crippen molar-refractivity contribution in [1.82, 2.24) is 20.4 Å². The Morgan fingerprint density at radius 3 is 2.15 bits per heavy atom. The van der Waals surface area contributed by atoms with Gasteiger partial charge in [0.15, 0.2) is 0 Å². The molecule has 0 fully saturated rings. The number of amides is 2. The molecule has 0 spiro atoms. The van der Waals surface area contributed by atoms with Crippen LogP contribution < -0.4 is 10.6 Å². The van der Waals surface area contributed by atoms with Crippen molar-refractivity contribution >= 4 is 35.0 Å². The van der Waals surface area contributed by atoms with Crippen LogP contribution in [0.3, 0.4) is 0 Å². The zero-order valence-corrected chi connectivity index (χ0v) is 19.8. The van der Waals surface area contributed by atoms with Crippen LogP contribution in [0.15, 0.2) is 84.9 Å². The first-order valence-corrected chi connectivity index (χ1v) is 11.4. The van der Waals surface area contributed by atoms with Gasteiger partial charge in [-0.1, -0.05) is 65.7 Å². The summed E-state index contributed by atoms with van der Waals surface area (Å²) >= 11 is 12.1. The van der Waals surface area contributed by atoms with Gasteiger partial charge in [-0.25, -0.2) is 4.68 Å². The average molecular weight is 493 g/mol. The zero-order valence-electron chi connectivity index (χ0n) is 18.3. The molecule has 6 nitrogen and oxygen atoms in total. The summed E-state index contributed by atoms with van der Waals surface area (Å²) in [6.07, 6.45) is 0. The second kappa shape index (κ2) is 10.5. The van der Waals surface area contributed by atoms with E-state index < -0.39 is 6.04 Å². The highest BCUT2D eigenvalue weighted by atomic mass is 35.5. The van der Waals surface area contributed by atoms with E-state index in [0.717, 1.165) is 16.9 Å². The van der Waals surface area contributed by atoms with E-state index in [-0.39, 0.29) is 18.4 Å². The Bertz CT molecular complexity index is 1220. The standard InChI is InChI=1S/C26H22Cl2N4O2/c1-17(33)30-25(19-5-3-2-4-6-19)26(34)29-16-22-15-24(18-7-9-20(27)10-8-18)32(31-22)23-13-11-21(28)12-14-23/h2-15,25H,16H2,1H3,(H,29,34)(H,30,33)/t25-/m0/s1. The highest BCUT2D eigenvalue weighted by Gasteiger charge is 2.22. The van der Waals surface area contributed by atoms with Crippen molar-refractivity contribution in [3.63, 3.8) is 0 Å². The first kappa shape index (κ1) is 23.5. The average Bonchev–Trinajstić information content (AvgIpc) is 3.26. The van der Waals surface area contributed by atoms with Gasteiger partial charge < -0.3 is 10.6 Å². The Balaban J connectivity index is 1.61. The summed E-state index contributed by atoms with van der Waals surface area (Å²) in [7, 11) is 0. The van der Waals surface area contributed by atoms with Crippen LogP contribution in [0.25, 0.3) is 16.9 Å². The summed E-state index contributed by atoms with van der Waals surface area (Å²) in [5.74, 6) is -0.614. The van der Waals surface area contributed by atoms with Crippen molar-refractivity contribution in [3.8, 4) is 16.9 Å². The van der Waals surface area contributed by atoms with Gasteiger partial charge in [0.1, 0.15) is 6.04 Å². The van der Waals surface area contributed by atoms with Crippen molar-refractivity contribution in [2.24, 2.45) is 0 Å². The Labute approximate surface area is 207 Å². The van der Waals surface area contributed by atoms with E-state index in [2.05, 4.69) is 10.6 Å². The molecule has 0 aliphatic rings. The Kier molecular flexibility index (Phi) is 7.30. The minimum Gasteiger partial charge on any atom is -0.348 e. The summed E-state index contributed by atoms with van der Waals surface area (Å²) in [4.78, 5) is 24.7. The predicted octanol–water partition coefficient (Wildman–Crippen LogP) is 5.34. The van der Waals surface area contributed by atoms with Crippen molar-refractivity contribution < 1.29 is 9.59 Å². The maximum Gasteiger partial charge on any atom is 0.247 e. The van der Waals surface area contributed by atoms with E-state index in [4.69, 9.17) is 28.3 Å². The van der Waals surface area contributed by atoms with Gasteiger partial charge in [0.25, 0.3) is 0 Å². The molecule has 1 aromatic heterocycles. The van der Waals surface area contributed by atoms with Gasteiger partial charge >= 0.3 is 0 Å². The fraction of sp³-hybridized carbons (Fsp3) is 0.115. The third-order valence-electron chi connectivity index (χ3n) is 5.16. The largest absolute Gasteiger partial charge is 0.348 e. The number of benzene rings is 3. The number of hydrogen-bond acceptors (Lipinski definition) is 3. The third-order valence-corrected chi connectivity index (χ3v) is 5.66. The lowest BCUT2D eigenvalue weighted by molar-refractivity contribution is -0.128. The number of nitrogens with zero attached hydrogens (tertiary/aromatic N) is 2. The molecule has 1 atom stereocenters. The Morgan fingerprint density at radius 2 is 1.53 bits per heavy atom. The number of carbonyl (C=O) groups excluding carboxylic acids is 2. The van der Waals surface area contributed by atoms with Crippen LogP contribution >= 0.6 is 23.2 Å². The van der Waals surface area contributed by atoms with Crippen LogP contribution in [0.5, 0.6) is 0 Å². The molecule has 172 valence electrons. The highest BCUT2D eigenvalue weighted by Crippen LogP contribution is 2.26. The van der Waals surface area contributed by atoms with Crippen LogP contribution in [-0.4, -0.2) is 21.6 Å². The van der Waals surface area contributed by atoms with E-state index in [1.807, 2.05) is 60.7 Å². The van der Waals surface area contributed by atoms with E-state index in [1.54, 1.807) is 28.9 Å². The van der Waals surface area contributed by atoms with Gasteiger partial charge in [-0.05, 0) is 48.0 Å². The monoisotopic (exact) mass is 492 g/mol.